The molecule has 0 aliphatic heterocycles. The number of aliphatic hydroxyl groups excluding tert-OH is 1. The molecule has 120 valence electrons. The van der Waals surface area contributed by atoms with Crippen molar-refractivity contribution in [2.75, 3.05) is 25.6 Å². The van der Waals surface area contributed by atoms with Crippen molar-refractivity contribution >= 4 is 11.9 Å². The molecule has 1 aromatic heterocycles. The Morgan fingerprint density at radius 3 is 2.38 bits per heavy atom. The van der Waals surface area contributed by atoms with Gasteiger partial charge in [0.15, 0.2) is 0 Å². The van der Waals surface area contributed by atoms with E-state index < -0.39 is 29.6 Å². The Labute approximate surface area is 121 Å². The maximum atomic E-state index is 11.9. The lowest BCUT2D eigenvalue weighted by molar-refractivity contribution is -0.319. The standard InChI is InChI=1S/C9H15N3O8S/c13-1-2-20-3-4-21-12-7(15)10-6(14)11(8(12)16)5-9(17,18)19/h13,17-19H,1-5H2,(H,10,14,15). The summed E-state index contributed by atoms with van der Waals surface area (Å²) in [6.07, 6.45) is 0. The van der Waals surface area contributed by atoms with E-state index in [0.29, 0.717) is 3.97 Å². The summed E-state index contributed by atoms with van der Waals surface area (Å²) in [6, 6.07) is 0. The number of ether oxygens (including phenoxy) is 1. The van der Waals surface area contributed by atoms with E-state index >= 15 is 0 Å². The van der Waals surface area contributed by atoms with Gasteiger partial charge in [0.05, 0.1) is 19.8 Å². The minimum Gasteiger partial charge on any atom is -0.394 e. The van der Waals surface area contributed by atoms with E-state index in [4.69, 9.17) is 25.2 Å². The third kappa shape index (κ3) is 5.45. The molecule has 1 aromatic rings. The lowest BCUT2D eigenvalue weighted by Crippen LogP contribution is -2.51. The van der Waals surface area contributed by atoms with E-state index in [1.54, 1.807) is 4.98 Å². The zero-order valence-electron chi connectivity index (χ0n) is 10.8. The van der Waals surface area contributed by atoms with Gasteiger partial charge in [-0.15, -0.1) is 0 Å². The first-order valence-corrected chi connectivity index (χ1v) is 6.65. The van der Waals surface area contributed by atoms with Crippen LogP contribution in [0.5, 0.6) is 0 Å². The molecule has 0 aliphatic rings. The minimum absolute atomic E-state index is 0.105. The largest absolute Gasteiger partial charge is 0.394 e. The fourth-order valence-corrected chi connectivity index (χ4v) is 2.06. The lowest BCUT2D eigenvalue weighted by atomic mass is 10.5. The van der Waals surface area contributed by atoms with Gasteiger partial charge in [-0.3, -0.25) is 4.98 Å². The van der Waals surface area contributed by atoms with Crippen molar-refractivity contribution in [2.45, 2.75) is 12.5 Å². The van der Waals surface area contributed by atoms with Crippen LogP contribution in [0.4, 0.5) is 0 Å². The third-order valence-corrected chi connectivity index (χ3v) is 3.03. The van der Waals surface area contributed by atoms with Crippen LogP contribution >= 0.6 is 11.9 Å². The summed E-state index contributed by atoms with van der Waals surface area (Å²) < 4.78 is 5.78. The average Bonchev–Trinajstić information content (AvgIpc) is 2.36. The molecule has 0 aromatic carbocycles. The Kier molecular flexibility index (Phi) is 6.32. The van der Waals surface area contributed by atoms with Crippen molar-refractivity contribution in [2.24, 2.45) is 0 Å². The van der Waals surface area contributed by atoms with Gasteiger partial charge in [0, 0.05) is 5.75 Å². The van der Waals surface area contributed by atoms with E-state index in [1.807, 2.05) is 0 Å². The van der Waals surface area contributed by atoms with Crippen LogP contribution in [-0.2, 0) is 11.3 Å². The SMILES string of the molecule is O=c1[nH]c(=O)n(SCCOCCO)c(=O)n1CC(O)(O)O. The first kappa shape index (κ1) is 17.6. The Hall–Kier alpha value is -1.44. The molecule has 0 amide bonds. The summed E-state index contributed by atoms with van der Waals surface area (Å²) in [4.78, 5) is 36.6. The summed E-state index contributed by atoms with van der Waals surface area (Å²) in [5, 5.41) is 34.9. The van der Waals surface area contributed by atoms with Crippen molar-refractivity contribution in [3.8, 4) is 0 Å². The van der Waals surface area contributed by atoms with E-state index in [9.17, 15) is 14.4 Å². The van der Waals surface area contributed by atoms with Gasteiger partial charge in [0.2, 0.25) is 0 Å². The maximum Gasteiger partial charge on any atom is 0.346 e. The molecule has 1 rings (SSSR count). The van der Waals surface area contributed by atoms with E-state index in [0.717, 1.165) is 11.9 Å². The summed E-state index contributed by atoms with van der Waals surface area (Å²) in [6.45, 7) is -1.04. The van der Waals surface area contributed by atoms with Crippen LogP contribution in [0.15, 0.2) is 14.4 Å². The fourth-order valence-electron chi connectivity index (χ4n) is 1.31. The van der Waals surface area contributed by atoms with Gasteiger partial charge >= 0.3 is 17.1 Å². The van der Waals surface area contributed by atoms with Gasteiger partial charge in [-0.05, 0) is 11.9 Å². The summed E-state index contributed by atoms with van der Waals surface area (Å²) in [5.41, 5.74) is -3.30. The second kappa shape index (κ2) is 7.53. The van der Waals surface area contributed by atoms with Crippen LogP contribution < -0.4 is 17.1 Å². The van der Waals surface area contributed by atoms with Crippen molar-refractivity contribution in [1.82, 2.24) is 13.5 Å². The maximum absolute atomic E-state index is 11.9. The zero-order chi connectivity index (χ0) is 16.0. The molecule has 21 heavy (non-hydrogen) atoms. The molecule has 0 bridgehead atoms. The summed E-state index contributed by atoms with van der Waals surface area (Å²) in [5.74, 6) is -3.10. The number of nitrogens with zero attached hydrogens (tertiary/aromatic N) is 2. The molecule has 0 aliphatic carbocycles. The molecule has 0 radical (unpaired) electrons. The van der Waals surface area contributed by atoms with Crippen LogP contribution in [0.3, 0.4) is 0 Å². The fraction of sp³-hybridized carbons (Fsp3) is 0.667. The number of aromatic nitrogens is 3. The van der Waals surface area contributed by atoms with Crippen LogP contribution in [0.25, 0.3) is 0 Å². The summed E-state index contributed by atoms with van der Waals surface area (Å²) in [7, 11) is 0. The van der Waals surface area contributed by atoms with Gasteiger partial charge in [0.1, 0.15) is 6.54 Å². The highest BCUT2D eigenvalue weighted by atomic mass is 32.2. The highest BCUT2D eigenvalue weighted by molar-refractivity contribution is 7.97. The van der Waals surface area contributed by atoms with Crippen LogP contribution in [0.2, 0.25) is 0 Å². The molecule has 0 fully saturated rings. The van der Waals surface area contributed by atoms with Gasteiger partial charge in [0.25, 0.3) is 5.97 Å². The lowest BCUT2D eigenvalue weighted by Gasteiger charge is -2.15. The first-order valence-electron chi connectivity index (χ1n) is 5.71. The van der Waals surface area contributed by atoms with Gasteiger partial charge in [-0.2, -0.15) is 3.97 Å². The molecular weight excluding hydrogens is 310 g/mol. The predicted octanol–water partition coefficient (Wildman–Crippen LogP) is -4.17. The smallest absolute Gasteiger partial charge is 0.346 e. The van der Waals surface area contributed by atoms with Crippen LogP contribution in [0, 0.1) is 0 Å². The second-order valence-electron chi connectivity index (χ2n) is 3.84. The van der Waals surface area contributed by atoms with Gasteiger partial charge in [-0.1, -0.05) is 0 Å². The van der Waals surface area contributed by atoms with E-state index in [2.05, 4.69) is 0 Å². The molecule has 0 atom stereocenters. The number of hydrogen-bond acceptors (Lipinski definition) is 9. The molecule has 0 saturated heterocycles. The molecule has 1 heterocycles. The molecular formula is C9H15N3O8S. The molecule has 5 N–H and O–H groups in total. The highest BCUT2D eigenvalue weighted by Crippen LogP contribution is 1.98. The highest BCUT2D eigenvalue weighted by Gasteiger charge is 2.23. The van der Waals surface area contributed by atoms with Crippen molar-refractivity contribution in [3.05, 3.63) is 31.5 Å². The number of aliphatic hydroxyl groups is 4. The Morgan fingerprint density at radius 2 is 1.81 bits per heavy atom. The monoisotopic (exact) mass is 325 g/mol. The number of nitrogens with one attached hydrogen (secondary N) is 1. The minimum atomic E-state index is -3.27. The van der Waals surface area contributed by atoms with E-state index in [-0.39, 0.29) is 30.1 Å². The van der Waals surface area contributed by atoms with Crippen molar-refractivity contribution in [3.63, 3.8) is 0 Å². The molecule has 0 unspecified atom stereocenters. The number of hydrogen-bond donors (Lipinski definition) is 5. The van der Waals surface area contributed by atoms with E-state index in [1.165, 1.54) is 0 Å². The molecule has 0 saturated carbocycles. The van der Waals surface area contributed by atoms with Gasteiger partial charge < -0.3 is 25.2 Å². The quantitative estimate of drug-likeness (QED) is 0.235. The third-order valence-electron chi connectivity index (χ3n) is 2.10. The van der Waals surface area contributed by atoms with Crippen LogP contribution in [0.1, 0.15) is 0 Å². The number of H-pyrrole nitrogens is 1. The average molecular weight is 325 g/mol. The topological polar surface area (TPSA) is 167 Å². The van der Waals surface area contributed by atoms with Crippen molar-refractivity contribution in [1.29, 1.82) is 0 Å². The molecule has 0 spiro atoms. The first-order chi connectivity index (χ1) is 9.76. The molecule has 11 nitrogen and oxygen atoms in total. The number of rotatable bonds is 8. The summed E-state index contributed by atoms with van der Waals surface area (Å²) >= 11 is 0.722. The Balaban J connectivity index is 2.95. The second-order valence-corrected chi connectivity index (χ2v) is 4.87. The Bertz CT molecular complexity index is 628. The predicted molar refractivity (Wildman–Crippen MR) is 70.7 cm³/mol. The van der Waals surface area contributed by atoms with Crippen LogP contribution in [-0.4, -0.2) is 65.5 Å². The normalized spacial score (nSPS) is 11.8. The zero-order valence-corrected chi connectivity index (χ0v) is 11.6. The van der Waals surface area contributed by atoms with Crippen molar-refractivity contribution < 1.29 is 25.2 Å². The number of aromatic amines is 1. The molecule has 12 heteroatoms. The van der Waals surface area contributed by atoms with Gasteiger partial charge in [-0.25, -0.2) is 19.0 Å². The Morgan fingerprint density at radius 1 is 1.14 bits per heavy atom.